The Hall–Kier alpha value is -0.480. The summed E-state index contributed by atoms with van der Waals surface area (Å²) in [5, 5.41) is 4.90. The molecule has 56 valence electrons. The molecule has 4 N–H and O–H groups in total. The van der Waals surface area contributed by atoms with Gasteiger partial charge in [0.05, 0.1) is 0 Å². The average molecular weight is 154 g/mol. The van der Waals surface area contributed by atoms with Crippen molar-refractivity contribution in [2.45, 2.75) is 0 Å². The highest BCUT2D eigenvalue weighted by molar-refractivity contribution is 5.85. The van der Waals surface area contributed by atoms with Gasteiger partial charge >= 0.3 is 6.03 Å². The number of halogens is 1. The normalized spacial score (nSPS) is 7.33. The van der Waals surface area contributed by atoms with Crippen LogP contribution in [0.4, 0.5) is 4.79 Å². The second-order valence-corrected chi connectivity index (χ2v) is 1.29. The molecule has 4 nitrogen and oxygen atoms in total. The Morgan fingerprint density at radius 3 is 2.56 bits per heavy atom. The summed E-state index contributed by atoms with van der Waals surface area (Å²) in [6.45, 7) is 1.01. The number of rotatable bonds is 2. The summed E-state index contributed by atoms with van der Waals surface area (Å²) in [4.78, 5) is 10.3. The molecule has 0 rings (SSSR count). The van der Waals surface area contributed by atoms with Gasteiger partial charge in [-0.3, -0.25) is 0 Å². The largest absolute Gasteiger partial charge is 0.341 e. The molecule has 0 fully saturated rings. The molecule has 0 aromatic rings. The maximum absolute atomic E-state index is 10.3. The zero-order chi connectivity index (χ0) is 6.41. The summed E-state index contributed by atoms with van der Waals surface area (Å²) in [7, 11) is 1.56. The maximum Gasteiger partial charge on any atom is 0.314 e. The van der Waals surface area contributed by atoms with Crippen LogP contribution in [0.2, 0.25) is 0 Å². The van der Waals surface area contributed by atoms with Crippen molar-refractivity contribution >= 4 is 18.4 Å². The van der Waals surface area contributed by atoms with Gasteiger partial charge in [-0.1, -0.05) is 0 Å². The Morgan fingerprint density at radius 2 is 2.22 bits per heavy atom. The highest BCUT2D eigenvalue weighted by Crippen LogP contribution is 1.56. The van der Waals surface area contributed by atoms with E-state index in [1.54, 1.807) is 7.05 Å². The minimum atomic E-state index is -0.185. The first-order valence-corrected chi connectivity index (χ1v) is 2.47. The smallest absolute Gasteiger partial charge is 0.314 e. The SMILES string of the molecule is CNC(=O)NCCN.Cl. The third kappa shape index (κ3) is 7.52. The van der Waals surface area contributed by atoms with E-state index in [4.69, 9.17) is 5.73 Å². The Labute approximate surface area is 60.6 Å². The van der Waals surface area contributed by atoms with E-state index in [9.17, 15) is 4.79 Å². The van der Waals surface area contributed by atoms with Gasteiger partial charge < -0.3 is 16.4 Å². The van der Waals surface area contributed by atoms with Gasteiger partial charge in [-0.25, -0.2) is 4.79 Å². The van der Waals surface area contributed by atoms with Crippen LogP contribution >= 0.6 is 12.4 Å². The second-order valence-electron chi connectivity index (χ2n) is 1.29. The van der Waals surface area contributed by atoms with Crippen molar-refractivity contribution in [3.05, 3.63) is 0 Å². The number of carbonyl (C=O) groups is 1. The van der Waals surface area contributed by atoms with Gasteiger partial charge in [0, 0.05) is 20.1 Å². The molecular weight excluding hydrogens is 142 g/mol. The second kappa shape index (κ2) is 7.52. The number of carbonyl (C=O) groups excluding carboxylic acids is 1. The van der Waals surface area contributed by atoms with E-state index in [1.807, 2.05) is 0 Å². The van der Waals surface area contributed by atoms with Crippen LogP contribution < -0.4 is 16.4 Å². The van der Waals surface area contributed by atoms with Crippen molar-refractivity contribution < 1.29 is 4.79 Å². The molecule has 0 bridgehead atoms. The minimum Gasteiger partial charge on any atom is -0.341 e. The van der Waals surface area contributed by atoms with Crippen molar-refractivity contribution in [2.75, 3.05) is 20.1 Å². The van der Waals surface area contributed by atoms with Crippen LogP contribution in [-0.2, 0) is 0 Å². The lowest BCUT2D eigenvalue weighted by Gasteiger charge is -1.98. The van der Waals surface area contributed by atoms with Gasteiger partial charge in [0.1, 0.15) is 0 Å². The van der Waals surface area contributed by atoms with Gasteiger partial charge in [0.15, 0.2) is 0 Å². The summed E-state index contributed by atoms with van der Waals surface area (Å²) >= 11 is 0. The van der Waals surface area contributed by atoms with Gasteiger partial charge in [-0.2, -0.15) is 0 Å². The fourth-order valence-electron chi connectivity index (χ4n) is 0.274. The first kappa shape index (κ1) is 11.3. The first-order chi connectivity index (χ1) is 3.81. The summed E-state index contributed by atoms with van der Waals surface area (Å²) < 4.78 is 0. The van der Waals surface area contributed by atoms with Crippen molar-refractivity contribution in [3.8, 4) is 0 Å². The van der Waals surface area contributed by atoms with Gasteiger partial charge in [0.25, 0.3) is 0 Å². The van der Waals surface area contributed by atoms with E-state index < -0.39 is 0 Å². The van der Waals surface area contributed by atoms with E-state index in [2.05, 4.69) is 10.6 Å². The third-order valence-corrected chi connectivity index (χ3v) is 0.657. The fourth-order valence-corrected chi connectivity index (χ4v) is 0.274. The predicted molar refractivity (Wildman–Crippen MR) is 38.8 cm³/mol. The Kier molecular flexibility index (Phi) is 9.47. The number of nitrogens with one attached hydrogen (secondary N) is 2. The molecule has 0 aliphatic carbocycles. The molecule has 2 amide bonds. The van der Waals surface area contributed by atoms with Crippen molar-refractivity contribution in [2.24, 2.45) is 5.73 Å². The zero-order valence-electron chi connectivity index (χ0n) is 5.31. The van der Waals surface area contributed by atoms with E-state index >= 15 is 0 Å². The highest BCUT2D eigenvalue weighted by atomic mass is 35.5. The molecule has 0 aromatic carbocycles. The van der Waals surface area contributed by atoms with Gasteiger partial charge in [-0.05, 0) is 0 Å². The fraction of sp³-hybridized carbons (Fsp3) is 0.750. The van der Waals surface area contributed by atoms with Crippen LogP contribution in [0.1, 0.15) is 0 Å². The summed E-state index contributed by atoms with van der Waals surface area (Å²) in [5.41, 5.74) is 5.09. The zero-order valence-corrected chi connectivity index (χ0v) is 6.12. The molecule has 0 saturated carbocycles. The molecule has 0 spiro atoms. The highest BCUT2D eigenvalue weighted by Gasteiger charge is 1.89. The van der Waals surface area contributed by atoms with Crippen LogP contribution in [0, 0.1) is 0 Å². The standard InChI is InChI=1S/C4H11N3O.ClH/c1-6-4(8)7-3-2-5;/h2-3,5H2,1H3,(H2,6,7,8);1H. The molecule has 0 heterocycles. The number of hydrogen-bond acceptors (Lipinski definition) is 2. The molecular formula is C4H12ClN3O. The molecule has 0 aliphatic heterocycles. The number of urea groups is 1. The maximum atomic E-state index is 10.3. The number of nitrogens with two attached hydrogens (primary N) is 1. The summed E-state index contributed by atoms with van der Waals surface area (Å²) in [6.07, 6.45) is 0. The van der Waals surface area contributed by atoms with Crippen LogP contribution in [0.25, 0.3) is 0 Å². The van der Waals surface area contributed by atoms with E-state index in [0.29, 0.717) is 13.1 Å². The lowest BCUT2D eigenvalue weighted by molar-refractivity contribution is 0.243. The van der Waals surface area contributed by atoms with Crippen LogP contribution in [0.15, 0.2) is 0 Å². The van der Waals surface area contributed by atoms with E-state index in [1.165, 1.54) is 0 Å². The van der Waals surface area contributed by atoms with Crippen LogP contribution in [-0.4, -0.2) is 26.2 Å². The molecule has 0 atom stereocenters. The Morgan fingerprint density at radius 1 is 1.67 bits per heavy atom. The molecule has 0 saturated heterocycles. The quantitative estimate of drug-likeness (QED) is 0.491. The van der Waals surface area contributed by atoms with Crippen molar-refractivity contribution in [3.63, 3.8) is 0 Å². The molecule has 9 heavy (non-hydrogen) atoms. The molecule has 0 unspecified atom stereocenters. The minimum absolute atomic E-state index is 0. The molecule has 0 aliphatic rings. The first-order valence-electron chi connectivity index (χ1n) is 2.47. The summed E-state index contributed by atoms with van der Waals surface area (Å²) in [6, 6.07) is -0.185. The van der Waals surface area contributed by atoms with E-state index in [0.717, 1.165) is 0 Å². The molecule has 5 heteroatoms. The summed E-state index contributed by atoms with van der Waals surface area (Å²) in [5.74, 6) is 0. The van der Waals surface area contributed by atoms with Gasteiger partial charge in [-0.15, -0.1) is 12.4 Å². The van der Waals surface area contributed by atoms with E-state index in [-0.39, 0.29) is 18.4 Å². The molecule has 0 aromatic heterocycles. The van der Waals surface area contributed by atoms with Crippen molar-refractivity contribution in [1.82, 2.24) is 10.6 Å². The third-order valence-electron chi connectivity index (χ3n) is 0.657. The topological polar surface area (TPSA) is 67.2 Å². The Bertz CT molecular complexity index is 78.2. The average Bonchev–Trinajstić information content (AvgIpc) is 1.83. The lowest BCUT2D eigenvalue weighted by atomic mass is 10.6. The molecule has 0 radical (unpaired) electrons. The monoisotopic (exact) mass is 153 g/mol. The van der Waals surface area contributed by atoms with Crippen LogP contribution in [0.3, 0.4) is 0 Å². The van der Waals surface area contributed by atoms with Crippen molar-refractivity contribution in [1.29, 1.82) is 0 Å². The van der Waals surface area contributed by atoms with Gasteiger partial charge in [0.2, 0.25) is 0 Å². The predicted octanol–water partition coefficient (Wildman–Crippen LogP) is -0.704. The van der Waals surface area contributed by atoms with Crippen LogP contribution in [0.5, 0.6) is 0 Å². The lowest BCUT2D eigenvalue weighted by Crippen LogP contribution is -2.35. The Balaban J connectivity index is 0. The number of hydrogen-bond donors (Lipinski definition) is 3. The number of amides is 2.